The van der Waals surface area contributed by atoms with Gasteiger partial charge in [0.05, 0.1) is 54.2 Å². The Bertz CT molecular complexity index is 4400. The number of fused-ring (bicyclic) bond motifs is 6. The molecule has 13 aromatic rings. The molecule has 7 heteroatoms. The van der Waals surface area contributed by atoms with E-state index in [9.17, 15) is 0 Å². The van der Waals surface area contributed by atoms with Gasteiger partial charge >= 0.3 is 0 Å². The lowest BCUT2D eigenvalue weighted by atomic mass is 10.00. The van der Waals surface area contributed by atoms with E-state index in [0.717, 1.165) is 175 Å². The van der Waals surface area contributed by atoms with Crippen molar-refractivity contribution in [3.8, 4) is 101 Å². The Morgan fingerprint density at radius 2 is 0.567 bits per heavy atom. The molecule has 3 aromatic heterocycles. The Morgan fingerprint density at radius 3 is 0.856 bits per heavy atom. The van der Waals surface area contributed by atoms with Crippen molar-refractivity contribution in [1.29, 1.82) is 0 Å². The Balaban J connectivity index is 0.965. The average molecular weight is 1380 g/mol. The molecule has 0 aliphatic carbocycles. The highest BCUT2D eigenvalue weighted by Crippen LogP contribution is 2.43. The topological polar surface area (TPSA) is 59.7 Å². The van der Waals surface area contributed by atoms with Crippen LogP contribution in [-0.4, -0.2) is 40.5 Å². The summed E-state index contributed by atoms with van der Waals surface area (Å²) < 4.78 is 30.9. The average Bonchev–Trinajstić information content (AvgIpc) is 1.57. The molecule has 0 spiro atoms. The smallest absolute Gasteiger partial charge is 0.119 e. The first-order valence-corrected chi connectivity index (χ1v) is 39.4. The van der Waals surface area contributed by atoms with Crippen LogP contribution in [0.4, 0.5) is 0 Å². The zero-order valence-corrected chi connectivity index (χ0v) is 62.9. The molecule has 0 aliphatic heterocycles. The summed E-state index contributed by atoms with van der Waals surface area (Å²) in [5, 5.41) is 4.70. The second kappa shape index (κ2) is 35.1. The van der Waals surface area contributed by atoms with Gasteiger partial charge in [0.25, 0.3) is 0 Å². The minimum absolute atomic E-state index is 0.555. The van der Waals surface area contributed by atoms with Gasteiger partial charge in [-0.05, 0) is 238 Å². The highest BCUT2D eigenvalue weighted by Gasteiger charge is 2.22. The van der Waals surface area contributed by atoms with Crippen molar-refractivity contribution in [3.05, 3.63) is 237 Å². The van der Waals surface area contributed by atoms with Crippen molar-refractivity contribution in [3.63, 3.8) is 0 Å². The lowest BCUT2D eigenvalue weighted by molar-refractivity contribution is 0.233. The Hall–Kier alpha value is -9.85. The third kappa shape index (κ3) is 17.0. The van der Waals surface area contributed by atoms with Gasteiger partial charge in [0, 0.05) is 44.7 Å². The lowest BCUT2D eigenvalue weighted by Crippen LogP contribution is -2.11. The second-order valence-electron chi connectivity index (χ2n) is 29.1. The Morgan fingerprint density at radius 1 is 0.269 bits per heavy atom. The van der Waals surface area contributed by atoms with E-state index in [4.69, 9.17) is 23.9 Å². The highest BCUT2D eigenvalue weighted by molar-refractivity contribution is 6.13. The lowest BCUT2D eigenvalue weighted by Gasteiger charge is -2.17. The van der Waals surface area contributed by atoms with Gasteiger partial charge in [-0.2, -0.15) is 0 Å². The van der Waals surface area contributed by atoms with Gasteiger partial charge in [0.15, 0.2) is 0 Å². The number of rotatable bonds is 36. The van der Waals surface area contributed by atoms with E-state index >= 15 is 0 Å². The summed E-state index contributed by atoms with van der Waals surface area (Å²) in [5.41, 5.74) is 20.0. The molecule has 4 unspecified atom stereocenters. The molecule has 13 rings (SSSR count). The molecular formula is C97H107N3O4. The number of ether oxygens (including phenoxy) is 4. The summed E-state index contributed by atoms with van der Waals surface area (Å²) in [6.45, 7) is 21.2. The van der Waals surface area contributed by atoms with Crippen LogP contribution in [-0.2, 0) is 0 Å². The van der Waals surface area contributed by atoms with Crippen molar-refractivity contribution in [2.75, 3.05) is 26.4 Å². The van der Waals surface area contributed by atoms with Crippen LogP contribution in [0.5, 0.6) is 23.0 Å². The summed E-state index contributed by atoms with van der Waals surface area (Å²) in [7, 11) is 0. The molecule has 0 N–H and O–H groups in total. The summed E-state index contributed by atoms with van der Waals surface area (Å²) >= 11 is 0. The maximum Gasteiger partial charge on any atom is 0.119 e. The van der Waals surface area contributed by atoms with E-state index in [0.29, 0.717) is 23.7 Å². The van der Waals surface area contributed by atoms with Gasteiger partial charge in [-0.3, -0.25) is 4.98 Å². The molecule has 0 saturated carbocycles. The van der Waals surface area contributed by atoms with Crippen LogP contribution in [0.25, 0.3) is 122 Å². The first-order valence-electron chi connectivity index (χ1n) is 39.4. The van der Waals surface area contributed by atoms with Crippen molar-refractivity contribution in [2.45, 2.75) is 158 Å². The summed E-state index contributed by atoms with van der Waals surface area (Å²) in [4.78, 5) is 4.84. The molecule has 0 amide bonds. The summed E-state index contributed by atoms with van der Waals surface area (Å²) in [6, 6.07) is 85.4. The molecule has 104 heavy (non-hydrogen) atoms. The standard InChI is InChI=1S/C97H107N3O4/c1-9-17-24-68(13-5)64-101-85-43-31-72(32-44-85)77-39-51-94-89(59-77)90-60-78(73-33-45-86(46-34-73)102-65-69(14-6)25-18-10-2)40-52-95(90)99(94)83-57-82(76-28-23-29-81(56-76)93-30-21-22-55-98-93)58-84(63-83)100-96-53-41-79(74-35-47-87(48-36-74)103-66-70(15-7)26-19-11-3)61-91(96)92-62-80(42-54-97(92)100)75-37-49-88(50-38-75)104-67-71(16-8)27-20-12-4/h21-23,28-63,68-71H,9-20,24-27,64-67H2,1-8H3. The maximum atomic E-state index is 6.46. The quantitative estimate of drug-likeness (QED) is 0.0392. The van der Waals surface area contributed by atoms with E-state index < -0.39 is 0 Å². The monoisotopic (exact) mass is 1380 g/mol. The van der Waals surface area contributed by atoms with E-state index in [1.165, 1.54) is 98.6 Å². The predicted molar refractivity (Wildman–Crippen MR) is 441 cm³/mol. The molecule has 4 atom stereocenters. The van der Waals surface area contributed by atoms with Gasteiger partial charge in [-0.15, -0.1) is 0 Å². The Kier molecular flexibility index (Phi) is 24.5. The van der Waals surface area contributed by atoms with Gasteiger partial charge in [0.1, 0.15) is 23.0 Å². The van der Waals surface area contributed by atoms with Crippen molar-refractivity contribution in [2.24, 2.45) is 23.7 Å². The number of pyridine rings is 1. The van der Waals surface area contributed by atoms with E-state index in [1.54, 1.807) is 0 Å². The fourth-order valence-corrected chi connectivity index (χ4v) is 15.2. The molecule has 0 saturated heterocycles. The number of benzene rings is 10. The molecule has 0 radical (unpaired) electrons. The van der Waals surface area contributed by atoms with Crippen molar-refractivity contribution < 1.29 is 18.9 Å². The number of hydrogen-bond acceptors (Lipinski definition) is 5. The van der Waals surface area contributed by atoms with Crippen LogP contribution >= 0.6 is 0 Å². The number of aromatic nitrogens is 3. The van der Waals surface area contributed by atoms with Gasteiger partial charge in [0.2, 0.25) is 0 Å². The normalized spacial score (nSPS) is 12.8. The van der Waals surface area contributed by atoms with Crippen LogP contribution in [0.2, 0.25) is 0 Å². The first kappa shape index (κ1) is 72.5. The molecule has 0 aliphatic rings. The second-order valence-corrected chi connectivity index (χ2v) is 29.1. The van der Waals surface area contributed by atoms with Crippen LogP contribution in [0, 0.1) is 23.7 Å². The molecular weight excluding hydrogens is 1270 g/mol. The maximum absolute atomic E-state index is 6.46. The fourth-order valence-electron chi connectivity index (χ4n) is 15.2. The summed E-state index contributed by atoms with van der Waals surface area (Å²) in [6.07, 6.45) is 20.9. The van der Waals surface area contributed by atoms with E-state index in [2.05, 4.69) is 289 Å². The third-order valence-corrected chi connectivity index (χ3v) is 22.0. The largest absolute Gasteiger partial charge is 0.493 e. The van der Waals surface area contributed by atoms with Crippen molar-refractivity contribution >= 4 is 43.6 Å². The van der Waals surface area contributed by atoms with Crippen LogP contribution in [0.3, 0.4) is 0 Å². The van der Waals surface area contributed by atoms with Crippen LogP contribution in [0.1, 0.15) is 158 Å². The molecule has 3 heterocycles. The molecule has 7 nitrogen and oxygen atoms in total. The highest BCUT2D eigenvalue weighted by atomic mass is 16.5. The molecule has 534 valence electrons. The Labute approximate surface area is 619 Å². The van der Waals surface area contributed by atoms with E-state index in [-0.39, 0.29) is 0 Å². The minimum Gasteiger partial charge on any atom is -0.493 e. The molecule has 0 fully saturated rings. The number of hydrogen-bond donors (Lipinski definition) is 0. The van der Waals surface area contributed by atoms with Gasteiger partial charge in [-0.1, -0.05) is 230 Å². The molecule has 0 bridgehead atoms. The van der Waals surface area contributed by atoms with E-state index in [1.807, 2.05) is 12.3 Å². The van der Waals surface area contributed by atoms with Crippen molar-refractivity contribution in [1.82, 2.24) is 14.1 Å². The zero-order chi connectivity index (χ0) is 71.7. The fraction of sp³-hybridized carbons (Fsp3) is 0.330. The zero-order valence-electron chi connectivity index (χ0n) is 62.9. The SMILES string of the molecule is CCCCC(CC)COc1ccc(-c2ccc3c(c2)c2cc(-c4ccc(OCC(CC)CCCC)cc4)ccc2n3-c2cc(-c3cccc(-c4ccccn4)c3)cc(-n3c4ccc(-c5ccc(OCC(CC)CCCC)cc5)cc4c4cc(-c5ccc(OCC(CC)CCCC)cc5)ccc43)c2)cc1. The number of nitrogens with zero attached hydrogens (tertiary/aromatic N) is 3. The van der Waals surface area contributed by atoms with Gasteiger partial charge in [-0.25, -0.2) is 0 Å². The van der Waals surface area contributed by atoms with Crippen LogP contribution < -0.4 is 18.9 Å². The van der Waals surface area contributed by atoms with Crippen LogP contribution in [0.15, 0.2) is 237 Å². The predicted octanol–water partition coefficient (Wildman–Crippen LogP) is 27.7. The minimum atomic E-state index is 0.555. The third-order valence-electron chi connectivity index (χ3n) is 22.0. The number of unbranched alkanes of at least 4 members (excludes halogenated alkanes) is 4. The first-order chi connectivity index (χ1) is 51.2. The van der Waals surface area contributed by atoms with Gasteiger partial charge < -0.3 is 28.1 Å². The summed E-state index contributed by atoms with van der Waals surface area (Å²) in [5.74, 6) is 5.88. The molecule has 10 aromatic carbocycles.